The van der Waals surface area contributed by atoms with Crippen LogP contribution in [0.4, 0.5) is 13.2 Å². The Labute approximate surface area is 234 Å². The number of alkyl halides is 3. The van der Waals surface area contributed by atoms with E-state index in [0.29, 0.717) is 11.1 Å². The molecule has 0 spiro atoms. The molecule has 0 amide bonds. The molecule has 0 aliphatic rings. The second-order valence-electron chi connectivity index (χ2n) is 8.92. The van der Waals surface area contributed by atoms with Gasteiger partial charge in [0.05, 0.1) is 5.56 Å². The third-order valence-corrected chi connectivity index (χ3v) is 7.96. The van der Waals surface area contributed by atoms with E-state index in [9.17, 15) is 13.2 Å². The molecule has 0 atom stereocenters. The lowest BCUT2D eigenvalue weighted by Crippen LogP contribution is -2.08. The fourth-order valence-electron chi connectivity index (χ4n) is 3.60. The van der Waals surface area contributed by atoms with Crippen molar-refractivity contribution in [1.82, 2.24) is 0 Å². The Hall–Kier alpha value is -2.73. The van der Waals surface area contributed by atoms with Crippen molar-refractivity contribution in [2.75, 3.05) is 11.5 Å². The molecule has 0 saturated heterocycles. The fraction of sp³-hybridized carbons (Fsp3) is 0.333. The minimum absolute atomic E-state index is 0.0504. The molecule has 0 aliphatic carbocycles. The maximum absolute atomic E-state index is 13.8. The van der Waals surface area contributed by atoms with Gasteiger partial charge in [0, 0.05) is 32.0 Å². The Bertz CT molecular complexity index is 1270. The zero-order valence-electron chi connectivity index (χ0n) is 22.0. The molecule has 0 aromatic heterocycles. The number of hydrogen-bond acceptors (Lipinski definition) is 2. The van der Waals surface area contributed by atoms with E-state index < -0.39 is 11.7 Å². The molecule has 3 aromatic carbocycles. The number of halogens is 3. The smallest absolute Gasteiger partial charge is 0.166 e. The summed E-state index contributed by atoms with van der Waals surface area (Å²) in [5.41, 5.74) is 0.953. The maximum Gasteiger partial charge on any atom is 0.417 e. The van der Waals surface area contributed by atoms with Gasteiger partial charge in [0.1, 0.15) is 0 Å². The third kappa shape index (κ3) is 10.2. The number of unbranched alkanes of at least 4 members (excludes halogenated alkanes) is 4. The van der Waals surface area contributed by atoms with Gasteiger partial charge in [-0.05, 0) is 91.1 Å². The highest BCUT2D eigenvalue weighted by Crippen LogP contribution is 2.32. The molecule has 3 rings (SSSR count). The van der Waals surface area contributed by atoms with Crippen molar-refractivity contribution >= 4 is 23.5 Å². The summed E-state index contributed by atoms with van der Waals surface area (Å²) >= 11 is 3.60. The van der Waals surface area contributed by atoms with Crippen molar-refractivity contribution in [1.29, 1.82) is 0 Å². The molecule has 0 unspecified atom stereocenters. The molecule has 0 aliphatic heterocycles. The van der Waals surface area contributed by atoms with Crippen molar-refractivity contribution in [3.63, 3.8) is 0 Å². The first-order chi connectivity index (χ1) is 18.4. The lowest BCUT2D eigenvalue weighted by atomic mass is 10.0. The monoisotopic (exact) mass is 550 g/mol. The van der Waals surface area contributed by atoms with Crippen LogP contribution in [0.15, 0.2) is 76.5 Å². The molecular formula is C33H33F3S2. The summed E-state index contributed by atoms with van der Waals surface area (Å²) < 4.78 is 41.5. The number of rotatable bonds is 10. The van der Waals surface area contributed by atoms with Crippen molar-refractivity contribution in [3.8, 4) is 23.7 Å². The second-order valence-corrected chi connectivity index (χ2v) is 11.3. The Morgan fingerprint density at radius 3 is 1.50 bits per heavy atom. The van der Waals surface area contributed by atoms with Crippen LogP contribution in [0.1, 0.15) is 80.2 Å². The van der Waals surface area contributed by atoms with Crippen molar-refractivity contribution < 1.29 is 13.2 Å². The largest absolute Gasteiger partial charge is 0.417 e. The third-order valence-electron chi connectivity index (χ3n) is 5.76. The van der Waals surface area contributed by atoms with Crippen LogP contribution in [0.2, 0.25) is 0 Å². The van der Waals surface area contributed by atoms with E-state index in [0.717, 1.165) is 28.0 Å². The van der Waals surface area contributed by atoms with E-state index in [1.807, 2.05) is 60.3 Å². The molecule has 198 valence electrons. The van der Waals surface area contributed by atoms with Crippen LogP contribution in [0.3, 0.4) is 0 Å². The van der Waals surface area contributed by atoms with Crippen molar-refractivity contribution in [2.45, 2.75) is 68.3 Å². The van der Waals surface area contributed by atoms with Gasteiger partial charge in [0.2, 0.25) is 0 Å². The molecule has 5 heteroatoms. The van der Waals surface area contributed by atoms with Gasteiger partial charge in [0.25, 0.3) is 0 Å². The number of benzene rings is 3. The number of hydrogen-bond donors (Lipinski definition) is 0. The molecular weight excluding hydrogens is 517 g/mol. The van der Waals surface area contributed by atoms with E-state index in [2.05, 4.69) is 37.5 Å². The van der Waals surface area contributed by atoms with Gasteiger partial charge in [-0.25, -0.2) is 0 Å². The van der Waals surface area contributed by atoms with Crippen LogP contribution < -0.4 is 0 Å². The van der Waals surface area contributed by atoms with Gasteiger partial charge in [-0.15, -0.1) is 23.5 Å². The van der Waals surface area contributed by atoms with Crippen molar-refractivity contribution in [3.05, 3.63) is 94.5 Å². The van der Waals surface area contributed by atoms with Gasteiger partial charge >= 0.3 is 6.18 Å². The van der Waals surface area contributed by atoms with Crippen LogP contribution in [0, 0.1) is 23.7 Å². The Balaban J connectivity index is 1.70. The first-order valence-electron chi connectivity index (χ1n) is 13.1. The van der Waals surface area contributed by atoms with E-state index >= 15 is 0 Å². The Morgan fingerprint density at radius 1 is 0.579 bits per heavy atom. The van der Waals surface area contributed by atoms with Gasteiger partial charge in [0.15, 0.2) is 0 Å². The molecule has 0 bridgehead atoms. The summed E-state index contributed by atoms with van der Waals surface area (Å²) in [6.07, 6.45) is 2.68. The average molecular weight is 551 g/mol. The SMILES string of the molecule is CCCCCSc1ccc(C#Cc2ccc(C#Cc3ccc(SCCCCC)cc3)c(C(F)(F)F)c2)cc1. The van der Waals surface area contributed by atoms with Gasteiger partial charge in [-0.3, -0.25) is 0 Å². The lowest BCUT2D eigenvalue weighted by Gasteiger charge is -2.09. The fourth-order valence-corrected chi connectivity index (χ4v) is 5.43. The average Bonchev–Trinajstić information content (AvgIpc) is 2.92. The predicted molar refractivity (Wildman–Crippen MR) is 157 cm³/mol. The van der Waals surface area contributed by atoms with Crippen molar-refractivity contribution in [2.24, 2.45) is 0 Å². The summed E-state index contributed by atoms with van der Waals surface area (Å²) in [7, 11) is 0. The van der Waals surface area contributed by atoms with E-state index in [4.69, 9.17) is 0 Å². The van der Waals surface area contributed by atoms with Crippen LogP contribution >= 0.6 is 23.5 Å². The van der Waals surface area contributed by atoms with Crippen LogP contribution in [-0.4, -0.2) is 11.5 Å². The summed E-state index contributed by atoms with van der Waals surface area (Å²) in [5, 5.41) is 0. The Kier molecular flexibility index (Phi) is 12.3. The Morgan fingerprint density at radius 2 is 1.03 bits per heavy atom. The molecule has 0 heterocycles. The molecule has 0 radical (unpaired) electrons. The summed E-state index contributed by atoms with van der Waals surface area (Å²) in [5.74, 6) is 13.6. The summed E-state index contributed by atoms with van der Waals surface area (Å²) in [6.45, 7) is 4.36. The van der Waals surface area contributed by atoms with Gasteiger partial charge in [-0.2, -0.15) is 13.2 Å². The van der Waals surface area contributed by atoms with E-state index in [1.54, 1.807) is 17.8 Å². The molecule has 3 aromatic rings. The molecule has 0 fully saturated rings. The maximum atomic E-state index is 13.8. The molecule has 0 saturated carbocycles. The molecule has 0 N–H and O–H groups in total. The summed E-state index contributed by atoms with van der Waals surface area (Å²) in [6, 6.07) is 19.6. The van der Waals surface area contributed by atoms with Gasteiger partial charge in [-0.1, -0.05) is 63.2 Å². The highest BCUT2D eigenvalue weighted by molar-refractivity contribution is 7.99. The lowest BCUT2D eigenvalue weighted by molar-refractivity contribution is -0.137. The van der Waals surface area contributed by atoms with Gasteiger partial charge < -0.3 is 0 Å². The molecule has 38 heavy (non-hydrogen) atoms. The molecule has 0 nitrogen and oxygen atoms in total. The zero-order chi connectivity index (χ0) is 27.2. The van der Waals surface area contributed by atoms with Crippen LogP contribution in [-0.2, 0) is 6.18 Å². The standard InChI is InChI=1S/C33H33F3S2/c1-3-5-7-23-37-30-19-13-26(14-20-30)9-10-28-12-18-29(32(25-28)33(34,35)36)17-11-27-15-21-31(22-16-27)38-24-8-6-4-2/h12-16,18-22,25H,3-8,23-24H2,1-2H3. The highest BCUT2D eigenvalue weighted by atomic mass is 32.2. The first kappa shape index (κ1) is 29.8. The second kappa shape index (κ2) is 15.6. The minimum atomic E-state index is -4.52. The highest BCUT2D eigenvalue weighted by Gasteiger charge is 2.33. The first-order valence-corrected chi connectivity index (χ1v) is 15.1. The minimum Gasteiger partial charge on any atom is -0.166 e. The normalized spacial score (nSPS) is 10.9. The zero-order valence-corrected chi connectivity index (χ0v) is 23.6. The van der Waals surface area contributed by atoms with Crippen LogP contribution in [0.25, 0.3) is 0 Å². The van der Waals surface area contributed by atoms with E-state index in [-0.39, 0.29) is 5.56 Å². The quantitative estimate of drug-likeness (QED) is 0.140. The number of thioether (sulfide) groups is 2. The topological polar surface area (TPSA) is 0 Å². The van der Waals surface area contributed by atoms with Crippen LogP contribution in [0.5, 0.6) is 0 Å². The van der Waals surface area contributed by atoms with E-state index in [1.165, 1.54) is 49.5 Å². The summed E-state index contributed by atoms with van der Waals surface area (Å²) in [4.78, 5) is 2.32. The predicted octanol–water partition coefficient (Wildman–Crippen LogP) is 10.1.